The number of aromatic nitrogens is 3. The van der Waals surface area contributed by atoms with Gasteiger partial charge in [-0.25, -0.2) is 0 Å². The summed E-state index contributed by atoms with van der Waals surface area (Å²) < 4.78 is 1.94. The summed E-state index contributed by atoms with van der Waals surface area (Å²) in [6, 6.07) is 8.14. The number of rotatable bonds is 6. The molecule has 5 nitrogen and oxygen atoms in total. The maximum atomic E-state index is 12.3. The molecular weight excluding hydrogens is 364 g/mol. The molecule has 1 N–H and O–H groups in total. The number of hydrogen-bond donors (Lipinski definition) is 1. The second-order valence-electron chi connectivity index (χ2n) is 6.18. The van der Waals surface area contributed by atoms with E-state index in [1.54, 1.807) is 11.3 Å². The summed E-state index contributed by atoms with van der Waals surface area (Å²) in [7, 11) is 1.93. The van der Waals surface area contributed by atoms with E-state index >= 15 is 0 Å². The fraction of sp³-hybridized carbons (Fsp3) is 0.316. The highest BCUT2D eigenvalue weighted by Crippen LogP contribution is 2.27. The summed E-state index contributed by atoms with van der Waals surface area (Å²) >= 11 is 3.12. The Bertz CT molecular complexity index is 930. The van der Waals surface area contributed by atoms with Crippen LogP contribution in [0.3, 0.4) is 0 Å². The zero-order valence-corrected chi connectivity index (χ0v) is 17.0. The van der Waals surface area contributed by atoms with Crippen LogP contribution in [0.15, 0.2) is 34.8 Å². The van der Waals surface area contributed by atoms with Gasteiger partial charge < -0.3 is 9.88 Å². The molecular formula is C19H22N4OS2. The second-order valence-corrected chi connectivity index (χ2v) is 8.11. The fourth-order valence-corrected chi connectivity index (χ4v) is 4.17. The summed E-state index contributed by atoms with van der Waals surface area (Å²) in [5.74, 6) is 1.08. The van der Waals surface area contributed by atoms with E-state index in [0.717, 1.165) is 34.2 Å². The van der Waals surface area contributed by atoms with Crippen molar-refractivity contribution in [1.29, 1.82) is 0 Å². The normalized spacial score (nSPS) is 10.9. The molecule has 0 aliphatic carbocycles. The SMILES string of the molecule is CCc1cc(-c2nnc(SCC(=O)Nc3ccc(C)cc3C)n2C)cs1. The number of thioether (sulfide) groups is 1. The molecule has 26 heavy (non-hydrogen) atoms. The first-order valence-corrected chi connectivity index (χ1v) is 10.3. The first-order chi connectivity index (χ1) is 12.5. The molecule has 3 aromatic rings. The van der Waals surface area contributed by atoms with Crippen molar-refractivity contribution in [3.8, 4) is 11.4 Å². The molecule has 0 saturated carbocycles. The van der Waals surface area contributed by atoms with Crippen LogP contribution in [0.4, 0.5) is 5.69 Å². The standard InChI is InChI=1S/C19H22N4OS2/c1-5-15-9-14(10-25-15)18-21-22-19(23(18)4)26-11-17(24)20-16-7-6-12(2)8-13(16)3/h6-10H,5,11H2,1-4H3,(H,20,24). The van der Waals surface area contributed by atoms with Crippen LogP contribution < -0.4 is 5.32 Å². The van der Waals surface area contributed by atoms with Crippen molar-refractivity contribution in [3.63, 3.8) is 0 Å². The van der Waals surface area contributed by atoms with E-state index < -0.39 is 0 Å². The Hall–Kier alpha value is -2.12. The summed E-state index contributed by atoms with van der Waals surface area (Å²) in [6.45, 7) is 6.18. The zero-order chi connectivity index (χ0) is 18.7. The number of thiophene rings is 1. The van der Waals surface area contributed by atoms with Crippen LogP contribution in [0.25, 0.3) is 11.4 Å². The number of carbonyl (C=O) groups excluding carboxylic acids is 1. The third-order valence-electron chi connectivity index (χ3n) is 4.08. The smallest absolute Gasteiger partial charge is 0.234 e. The Labute approximate surface area is 161 Å². The molecule has 136 valence electrons. The number of nitrogens with one attached hydrogen (secondary N) is 1. The molecule has 0 saturated heterocycles. The van der Waals surface area contributed by atoms with Crippen molar-refractivity contribution in [2.45, 2.75) is 32.3 Å². The van der Waals surface area contributed by atoms with Gasteiger partial charge in [0.25, 0.3) is 0 Å². The lowest BCUT2D eigenvalue weighted by Gasteiger charge is -2.09. The lowest BCUT2D eigenvalue weighted by atomic mass is 10.1. The van der Waals surface area contributed by atoms with Gasteiger partial charge in [0, 0.05) is 28.6 Å². The van der Waals surface area contributed by atoms with Crippen LogP contribution in [0, 0.1) is 13.8 Å². The maximum absolute atomic E-state index is 12.3. The van der Waals surface area contributed by atoms with Crippen LogP contribution in [0.2, 0.25) is 0 Å². The van der Waals surface area contributed by atoms with E-state index in [9.17, 15) is 4.79 Å². The molecule has 0 radical (unpaired) electrons. The number of nitrogens with zero attached hydrogens (tertiary/aromatic N) is 3. The van der Waals surface area contributed by atoms with Gasteiger partial charge in [0.15, 0.2) is 11.0 Å². The van der Waals surface area contributed by atoms with Gasteiger partial charge in [0.1, 0.15) is 0 Å². The largest absolute Gasteiger partial charge is 0.325 e. The number of hydrogen-bond acceptors (Lipinski definition) is 5. The highest BCUT2D eigenvalue weighted by Gasteiger charge is 2.14. The average molecular weight is 387 g/mol. The first kappa shape index (κ1) is 18.7. The fourth-order valence-electron chi connectivity index (χ4n) is 2.65. The molecule has 0 aliphatic rings. The minimum absolute atomic E-state index is 0.0460. The monoisotopic (exact) mass is 386 g/mol. The summed E-state index contributed by atoms with van der Waals surface area (Å²) in [4.78, 5) is 13.6. The van der Waals surface area contributed by atoms with E-state index in [4.69, 9.17) is 0 Å². The quantitative estimate of drug-likeness (QED) is 0.636. The second kappa shape index (κ2) is 8.05. The summed E-state index contributed by atoms with van der Waals surface area (Å²) in [6.07, 6.45) is 1.02. The number of aryl methyl sites for hydroxylation is 3. The minimum Gasteiger partial charge on any atom is -0.325 e. The van der Waals surface area contributed by atoms with Gasteiger partial charge in [-0.05, 0) is 38.0 Å². The molecule has 0 fully saturated rings. The van der Waals surface area contributed by atoms with Crippen molar-refractivity contribution in [1.82, 2.24) is 14.8 Å². The highest BCUT2D eigenvalue weighted by molar-refractivity contribution is 7.99. The van der Waals surface area contributed by atoms with Gasteiger partial charge in [-0.3, -0.25) is 4.79 Å². The molecule has 1 aromatic carbocycles. The molecule has 0 unspecified atom stereocenters. The van der Waals surface area contributed by atoms with E-state index in [2.05, 4.69) is 40.0 Å². The van der Waals surface area contributed by atoms with E-state index in [1.165, 1.54) is 22.2 Å². The molecule has 0 atom stereocenters. The van der Waals surface area contributed by atoms with Gasteiger partial charge in [-0.2, -0.15) is 0 Å². The number of amides is 1. The van der Waals surface area contributed by atoms with E-state index in [1.807, 2.05) is 37.6 Å². The molecule has 0 spiro atoms. The molecule has 0 bridgehead atoms. The molecule has 2 aromatic heterocycles. The lowest BCUT2D eigenvalue weighted by Crippen LogP contribution is -2.15. The van der Waals surface area contributed by atoms with Gasteiger partial charge in [-0.15, -0.1) is 21.5 Å². The van der Waals surface area contributed by atoms with E-state index in [0.29, 0.717) is 5.75 Å². The Kier molecular flexibility index (Phi) is 5.78. The number of anilines is 1. The van der Waals surface area contributed by atoms with Crippen LogP contribution >= 0.6 is 23.1 Å². The predicted octanol–water partition coefficient (Wildman–Crippen LogP) is 4.45. The van der Waals surface area contributed by atoms with Crippen LogP contribution in [-0.2, 0) is 18.3 Å². The van der Waals surface area contributed by atoms with Gasteiger partial charge >= 0.3 is 0 Å². The highest BCUT2D eigenvalue weighted by atomic mass is 32.2. The van der Waals surface area contributed by atoms with Crippen molar-refractivity contribution in [2.75, 3.05) is 11.1 Å². The van der Waals surface area contributed by atoms with Crippen molar-refractivity contribution in [3.05, 3.63) is 45.6 Å². The molecule has 1 amide bonds. The Morgan fingerprint density at radius 3 is 2.77 bits per heavy atom. The van der Waals surface area contributed by atoms with Crippen LogP contribution in [0.1, 0.15) is 22.9 Å². The Morgan fingerprint density at radius 2 is 2.08 bits per heavy atom. The number of carbonyl (C=O) groups is 1. The molecule has 3 rings (SSSR count). The minimum atomic E-state index is -0.0460. The first-order valence-electron chi connectivity index (χ1n) is 8.45. The van der Waals surface area contributed by atoms with Crippen LogP contribution in [-0.4, -0.2) is 26.4 Å². The zero-order valence-electron chi connectivity index (χ0n) is 15.4. The van der Waals surface area contributed by atoms with E-state index in [-0.39, 0.29) is 5.91 Å². The summed E-state index contributed by atoms with van der Waals surface area (Å²) in [5, 5.41) is 14.3. The van der Waals surface area contributed by atoms with Crippen molar-refractivity contribution < 1.29 is 4.79 Å². The molecule has 0 aliphatic heterocycles. The average Bonchev–Trinajstić information content (AvgIpc) is 3.22. The van der Waals surface area contributed by atoms with Crippen molar-refractivity contribution in [2.24, 2.45) is 7.05 Å². The third kappa shape index (κ3) is 4.16. The lowest BCUT2D eigenvalue weighted by molar-refractivity contribution is -0.113. The Morgan fingerprint density at radius 1 is 1.27 bits per heavy atom. The molecule has 7 heteroatoms. The maximum Gasteiger partial charge on any atom is 0.234 e. The van der Waals surface area contributed by atoms with Gasteiger partial charge in [0.2, 0.25) is 5.91 Å². The van der Waals surface area contributed by atoms with Gasteiger partial charge in [-0.1, -0.05) is 36.4 Å². The van der Waals surface area contributed by atoms with Crippen LogP contribution in [0.5, 0.6) is 0 Å². The molecule has 2 heterocycles. The number of benzene rings is 1. The van der Waals surface area contributed by atoms with Gasteiger partial charge in [0.05, 0.1) is 5.75 Å². The third-order valence-corrected chi connectivity index (χ3v) is 6.18. The Balaban J connectivity index is 1.63. The summed E-state index contributed by atoms with van der Waals surface area (Å²) in [5.41, 5.74) is 4.17. The predicted molar refractivity (Wildman–Crippen MR) is 109 cm³/mol. The topological polar surface area (TPSA) is 59.8 Å². The van der Waals surface area contributed by atoms with Crippen molar-refractivity contribution >= 4 is 34.7 Å².